The number of carbonyl (C=O) groups is 2. The Morgan fingerprint density at radius 3 is 2.03 bits per heavy atom. The van der Waals surface area contributed by atoms with Crippen molar-refractivity contribution in [2.45, 2.75) is 90.4 Å². The van der Waals surface area contributed by atoms with Gasteiger partial charge >= 0.3 is 7.12 Å². The lowest BCUT2D eigenvalue weighted by atomic mass is 9.79. The van der Waals surface area contributed by atoms with Crippen LogP contribution in [-0.4, -0.2) is 30.0 Å². The number of Topliss-reactive ketones (excluding diaryl/α,β-unsaturated/α-hetero) is 1. The summed E-state index contributed by atoms with van der Waals surface area (Å²) in [5, 5.41) is 0. The Bertz CT molecular complexity index is 943. The molecule has 0 aromatic heterocycles. The zero-order valence-electron chi connectivity index (χ0n) is 21.5. The lowest BCUT2D eigenvalue weighted by molar-refractivity contribution is -0.134. The van der Waals surface area contributed by atoms with E-state index < -0.39 is 7.12 Å². The summed E-state index contributed by atoms with van der Waals surface area (Å²) in [5.74, 6) is 0.144. The predicted octanol–water partition coefficient (Wildman–Crippen LogP) is 4.69. The van der Waals surface area contributed by atoms with Crippen LogP contribution in [0.3, 0.4) is 0 Å². The number of unbranched alkanes of at least 4 members (excludes halogenated alkanes) is 3. The van der Waals surface area contributed by atoms with Crippen LogP contribution in [0.2, 0.25) is 0 Å². The second-order valence-corrected chi connectivity index (χ2v) is 10.3. The Morgan fingerprint density at radius 2 is 1.40 bits per heavy atom. The summed E-state index contributed by atoms with van der Waals surface area (Å²) in [4.78, 5) is 29.4. The fourth-order valence-corrected chi connectivity index (χ4v) is 3.87. The van der Waals surface area contributed by atoms with E-state index >= 15 is 0 Å². The van der Waals surface area contributed by atoms with Gasteiger partial charge in [0.2, 0.25) is 5.91 Å². The maximum Gasteiger partial charge on any atom is 0.494 e. The van der Waals surface area contributed by atoms with Crippen LogP contribution >= 0.6 is 0 Å². The van der Waals surface area contributed by atoms with Gasteiger partial charge in [-0.2, -0.15) is 0 Å². The lowest BCUT2D eigenvalue weighted by Gasteiger charge is -2.32. The van der Waals surface area contributed by atoms with Gasteiger partial charge in [0.15, 0.2) is 0 Å². The highest BCUT2D eigenvalue weighted by molar-refractivity contribution is 6.62. The van der Waals surface area contributed by atoms with Crippen molar-refractivity contribution in [2.75, 3.05) is 0 Å². The molecule has 1 aliphatic heterocycles. The van der Waals surface area contributed by atoms with Crippen molar-refractivity contribution in [1.29, 1.82) is 0 Å². The zero-order chi connectivity index (χ0) is 25.3. The number of benzene rings is 2. The van der Waals surface area contributed by atoms with E-state index in [0.717, 1.165) is 42.3 Å². The second-order valence-electron chi connectivity index (χ2n) is 10.3. The van der Waals surface area contributed by atoms with E-state index in [2.05, 4.69) is 5.48 Å². The summed E-state index contributed by atoms with van der Waals surface area (Å²) >= 11 is 0. The molecule has 0 spiro atoms. The Kier molecular flexibility index (Phi) is 9.67. The largest absolute Gasteiger partial charge is 0.494 e. The molecule has 7 heteroatoms. The normalized spacial score (nSPS) is 16.3. The van der Waals surface area contributed by atoms with E-state index in [1.54, 1.807) is 0 Å². The van der Waals surface area contributed by atoms with Crippen LogP contribution in [0.5, 0.6) is 0 Å². The summed E-state index contributed by atoms with van der Waals surface area (Å²) in [6.45, 7) is 8.43. The van der Waals surface area contributed by atoms with Gasteiger partial charge in [-0.3, -0.25) is 14.4 Å². The van der Waals surface area contributed by atoms with Crippen molar-refractivity contribution in [3.63, 3.8) is 0 Å². The third kappa shape index (κ3) is 8.30. The molecule has 1 saturated heterocycles. The number of hydrogen-bond acceptors (Lipinski definition) is 5. The van der Waals surface area contributed by atoms with Crippen LogP contribution < -0.4 is 10.9 Å². The van der Waals surface area contributed by atoms with Gasteiger partial charge in [-0.05, 0) is 57.1 Å². The molecule has 0 unspecified atom stereocenters. The monoisotopic (exact) mass is 479 g/mol. The standard InChI is InChI=1S/C28H38BNO5/c1-27(2)28(3,4)35-29(34-27)24-18-16-23(17-19-24)21-33-30-26(32)15-11-6-5-10-14-25(31)20-22-12-8-7-9-13-22/h7-9,12-13,16-19H,5-6,10-11,14-15,20-21H2,1-4H3,(H,30,32). The number of rotatable bonds is 13. The Labute approximate surface area is 209 Å². The van der Waals surface area contributed by atoms with Gasteiger partial charge in [0.25, 0.3) is 0 Å². The average Bonchev–Trinajstić information content (AvgIpc) is 3.04. The fourth-order valence-electron chi connectivity index (χ4n) is 3.87. The van der Waals surface area contributed by atoms with Crippen molar-refractivity contribution in [3.8, 4) is 0 Å². The molecule has 2 aromatic carbocycles. The molecule has 0 atom stereocenters. The highest BCUT2D eigenvalue weighted by atomic mass is 16.7. The number of nitrogens with one attached hydrogen (secondary N) is 1. The van der Waals surface area contributed by atoms with Crippen LogP contribution in [0.1, 0.15) is 77.3 Å². The molecule has 2 aromatic rings. The molecule has 1 N–H and O–H groups in total. The number of hydroxylamine groups is 1. The van der Waals surface area contributed by atoms with E-state index in [0.29, 0.717) is 25.9 Å². The maximum absolute atomic E-state index is 12.0. The fraction of sp³-hybridized carbons (Fsp3) is 0.500. The molecule has 0 bridgehead atoms. The first kappa shape index (κ1) is 27.1. The minimum atomic E-state index is -0.392. The minimum absolute atomic E-state index is 0.126. The van der Waals surface area contributed by atoms with Crippen LogP contribution in [-0.2, 0) is 36.8 Å². The molecule has 0 saturated carbocycles. The molecule has 188 valence electrons. The summed E-state index contributed by atoms with van der Waals surface area (Å²) in [6.07, 6.45) is 5.03. The van der Waals surface area contributed by atoms with E-state index in [1.165, 1.54) is 0 Å². The van der Waals surface area contributed by atoms with Crippen molar-refractivity contribution < 1.29 is 23.7 Å². The van der Waals surface area contributed by atoms with Crippen LogP contribution in [0.25, 0.3) is 0 Å². The van der Waals surface area contributed by atoms with E-state index in [-0.39, 0.29) is 22.9 Å². The quantitative estimate of drug-likeness (QED) is 0.257. The first-order chi connectivity index (χ1) is 16.7. The van der Waals surface area contributed by atoms with Gasteiger partial charge in [0.05, 0.1) is 17.8 Å². The molecule has 3 rings (SSSR count). The van der Waals surface area contributed by atoms with Crippen molar-refractivity contribution in [2.24, 2.45) is 0 Å². The van der Waals surface area contributed by atoms with Crippen LogP contribution in [0.15, 0.2) is 54.6 Å². The second kappa shape index (κ2) is 12.5. The van der Waals surface area contributed by atoms with Gasteiger partial charge in [-0.1, -0.05) is 67.4 Å². The van der Waals surface area contributed by atoms with Gasteiger partial charge in [-0.25, -0.2) is 5.48 Å². The first-order valence-electron chi connectivity index (χ1n) is 12.6. The highest BCUT2D eigenvalue weighted by Gasteiger charge is 2.51. The highest BCUT2D eigenvalue weighted by Crippen LogP contribution is 2.36. The maximum atomic E-state index is 12.0. The molecule has 0 radical (unpaired) electrons. The number of ketones is 1. The molecule has 0 aliphatic carbocycles. The van der Waals surface area contributed by atoms with E-state index in [4.69, 9.17) is 14.1 Å². The minimum Gasteiger partial charge on any atom is -0.399 e. The Hall–Kier alpha value is -2.48. The first-order valence-corrected chi connectivity index (χ1v) is 12.6. The summed E-state index contributed by atoms with van der Waals surface area (Å²) < 4.78 is 12.1. The van der Waals surface area contributed by atoms with E-state index in [9.17, 15) is 9.59 Å². The molecular weight excluding hydrogens is 441 g/mol. The third-order valence-corrected chi connectivity index (χ3v) is 6.78. The molecule has 1 amide bonds. The smallest absolute Gasteiger partial charge is 0.399 e. The Morgan fingerprint density at radius 1 is 0.800 bits per heavy atom. The van der Waals surface area contributed by atoms with Crippen LogP contribution in [0, 0.1) is 0 Å². The molecule has 35 heavy (non-hydrogen) atoms. The van der Waals surface area contributed by atoms with Gasteiger partial charge in [0.1, 0.15) is 5.78 Å². The molecule has 1 aliphatic rings. The Balaban J connectivity index is 1.24. The van der Waals surface area contributed by atoms with Gasteiger partial charge < -0.3 is 9.31 Å². The SMILES string of the molecule is CC1(C)OB(c2ccc(CONC(=O)CCCCCCC(=O)Cc3ccccc3)cc2)OC1(C)C. The summed E-state index contributed by atoms with van der Waals surface area (Å²) in [6, 6.07) is 17.7. The summed E-state index contributed by atoms with van der Waals surface area (Å²) in [7, 11) is -0.392. The molecule has 6 nitrogen and oxygen atoms in total. The van der Waals surface area contributed by atoms with Crippen molar-refractivity contribution in [3.05, 3.63) is 65.7 Å². The summed E-state index contributed by atoms with van der Waals surface area (Å²) in [5.41, 5.74) is 4.74. The number of carbonyl (C=O) groups excluding carboxylic acids is 2. The van der Waals surface area contributed by atoms with Crippen LogP contribution in [0.4, 0.5) is 0 Å². The predicted molar refractivity (Wildman–Crippen MR) is 138 cm³/mol. The lowest BCUT2D eigenvalue weighted by Crippen LogP contribution is -2.41. The molecule has 1 heterocycles. The number of hydrogen-bond donors (Lipinski definition) is 1. The van der Waals surface area contributed by atoms with Gasteiger partial charge in [0, 0.05) is 19.3 Å². The zero-order valence-corrected chi connectivity index (χ0v) is 21.5. The molecule has 1 fully saturated rings. The average molecular weight is 479 g/mol. The van der Waals surface area contributed by atoms with Crippen molar-refractivity contribution in [1.82, 2.24) is 5.48 Å². The van der Waals surface area contributed by atoms with E-state index in [1.807, 2.05) is 82.3 Å². The van der Waals surface area contributed by atoms with Crippen molar-refractivity contribution >= 4 is 24.3 Å². The topological polar surface area (TPSA) is 73.9 Å². The van der Waals surface area contributed by atoms with Gasteiger partial charge in [-0.15, -0.1) is 0 Å². The molecular formula is C28H38BNO5. The third-order valence-electron chi connectivity index (χ3n) is 6.78. The number of amides is 1.